The summed E-state index contributed by atoms with van der Waals surface area (Å²) in [5, 5.41) is 5.08. The third kappa shape index (κ3) is 6.01. The lowest BCUT2D eigenvalue weighted by atomic mass is 10.1. The van der Waals surface area contributed by atoms with Crippen LogP contribution in [0.2, 0.25) is 0 Å². The molecule has 0 radical (unpaired) electrons. The van der Waals surface area contributed by atoms with Gasteiger partial charge in [0.25, 0.3) is 5.91 Å². The van der Waals surface area contributed by atoms with Crippen LogP contribution in [0.5, 0.6) is 11.5 Å². The fourth-order valence-corrected chi connectivity index (χ4v) is 4.18. The summed E-state index contributed by atoms with van der Waals surface area (Å²) < 4.78 is 11.2. The van der Waals surface area contributed by atoms with Gasteiger partial charge < -0.3 is 19.7 Å². The molecule has 3 aromatic rings. The van der Waals surface area contributed by atoms with Gasteiger partial charge in [-0.1, -0.05) is 30.7 Å². The van der Waals surface area contributed by atoms with Gasteiger partial charge in [0.1, 0.15) is 11.5 Å². The number of methoxy groups -OCH3 is 1. The Kier molecular flexibility index (Phi) is 7.62. The van der Waals surface area contributed by atoms with Gasteiger partial charge in [-0.05, 0) is 85.1 Å². The molecule has 1 aliphatic rings. The van der Waals surface area contributed by atoms with E-state index in [4.69, 9.17) is 9.47 Å². The van der Waals surface area contributed by atoms with Crippen molar-refractivity contribution in [2.24, 2.45) is 0 Å². The molecule has 1 saturated heterocycles. The molecule has 1 fully saturated rings. The summed E-state index contributed by atoms with van der Waals surface area (Å²) in [6.45, 7) is 4.75. The fourth-order valence-electron chi connectivity index (χ4n) is 4.18. The maximum absolute atomic E-state index is 12.6. The largest absolute Gasteiger partial charge is 0.497 e. The van der Waals surface area contributed by atoms with Crippen molar-refractivity contribution in [3.8, 4) is 11.5 Å². The van der Waals surface area contributed by atoms with Crippen LogP contribution in [0, 0.1) is 0 Å². The monoisotopic (exact) mass is 432 g/mol. The summed E-state index contributed by atoms with van der Waals surface area (Å²) in [4.78, 5) is 15.2. The number of carbonyl (C=O) groups excluding carboxylic acids is 1. The maximum Gasteiger partial charge on any atom is 0.251 e. The van der Waals surface area contributed by atoms with E-state index in [9.17, 15) is 4.79 Å². The molecule has 5 heteroatoms. The third-order valence-corrected chi connectivity index (χ3v) is 6.00. The summed E-state index contributed by atoms with van der Waals surface area (Å²) in [6.07, 6.45) is 5.07. The van der Waals surface area contributed by atoms with E-state index in [0.29, 0.717) is 12.1 Å². The molecule has 5 nitrogen and oxygen atoms in total. The minimum absolute atomic E-state index is 0.0900. The van der Waals surface area contributed by atoms with Gasteiger partial charge in [0.05, 0.1) is 13.7 Å². The molecule has 1 amide bonds. The van der Waals surface area contributed by atoms with E-state index in [1.165, 1.54) is 32.4 Å². The zero-order valence-electron chi connectivity index (χ0n) is 18.8. The molecule has 4 rings (SSSR count). The number of piperidine rings is 1. The number of ether oxygens (including phenoxy) is 2. The highest BCUT2D eigenvalue weighted by molar-refractivity contribution is 5.98. The minimum Gasteiger partial charge on any atom is -0.497 e. The van der Waals surface area contributed by atoms with E-state index < -0.39 is 0 Å². The number of amides is 1. The van der Waals surface area contributed by atoms with Crippen LogP contribution in [-0.2, 0) is 6.54 Å². The maximum atomic E-state index is 12.6. The quantitative estimate of drug-likeness (QED) is 0.482. The normalized spacial score (nSPS) is 14.3. The Morgan fingerprint density at radius 2 is 1.75 bits per heavy atom. The van der Waals surface area contributed by atoms with Crippen molar-refractivity contribution in [1.29, 1.82) is 0 Å². The molecule has 3 aromatic carbocycles. The lowest BCUT2D eigenvalue weighted by Crippen LogP contribution is -2.31. The van der Waals surface area contributed by atoms with Crippen LogP contribution in [0.4, 0.5) is 0 Å². The Bertz CT molecular complexity index is 1040. The number of likely N-dealkylation sites (tertiary alicyclic amines) is 1. The van der Waals surface area contributed by atoms with Gasteiger partial charge in [0.2, 0.25) is 0 Å². The van der Waals surface area contributed by atoms with Crippen molar-refractivity contribution in [2.75, 3.05) is 33.4 Å². The standard InChI is InChI=1S/C27H32N2O3/c1-31-25-8-5-7-21(17-25)20-28-27(30)24-10-9-23-19-26(12-11-22(23)18-24)32-16-6-15-29-13-3-2-4-14-29/h5,7-12,17-19H,2-4,6,13-16,20H2,1H3,(H,28,30). The van der Waals surface area contributed by atoms with Crippen molar-refractivity contribution in [2.45, 2.75) is 32.2 Å². The van der Waals surface area contributed by atoms with Crippen LogP contribution < -0.4 is 14.8 Å². The van der Waals surface area contributed by atoms with E-state index in [2.05, 4.69) is 10.2 Å². The Labute approximate surface area is 190 Å². The second kappa shape index (κ2) is 11.0. The smallest absolute Gasteiger partial charge is 0.251 e. The molecule has 0 spiro atoms. The van der Waals surface area contributed by atoms with E-state index in [0.717, 1.165) is 47.4 Å². The summed E-state index contributed by atoms with van der Waals surface area (Å²) in [7, 11) is 1.64. The minimum atomic E-state index is -0.0900. The Morgan fingerprint density at radius 3 is 2.59 bits per heavy atom. The number of nitrogens with one attached hydrogen (secondary N) is 1. The van der Waals surface area contributed by atoms with E-state index >= 15 is 0 Å². The molecular formula is C27H32N2O3. The van der Waals surface area contributed by atoms with Crippen molar-refractivity contribution >= 4 is 16.7 Å². The highest BCUT2D eigenvalue weighted by Crippen LogP contribution is 2.22. The van der Waals surface area contributed by atoms with Crippen molar-refractivity contribution < 1.29 is 14.3 Å². The molecule has 1 aliphatic heterocycles. The summed E-state index contributed by atoms with van der Waals surface area (Å²) in [5.74, 6) is 1.58. The van der Waals surface area contributed by atoms with Crippen LogP contribution in [0.25, 0.3) is 10.8 Å². The van der Waals surface area contributed by atoms with Crippen LogP contribution in [0.3, 0.4) is 0 Å². The first-order chi connectivity index (χ1) is 15.7. The van der Waals surface area contributed by atoms with E-state index in [1.807, 2.05) is 60.7 Å². The Balaban J connectivity index is 1.30. The summed E-state index contributed by atoms with van der Waals surface area (Å²) in [5.41, 5.74) is 1.65. The molecule has 0 aliphatic carbocycles. The molecule has 0 saturated carbocycles. The second-order valence-corrected chi connectivity index (χ2v) is 8.36. The van der Waals surface area contributed by atoms with Gasteiger partial charge in [-0.15, -0.1) is 0 Å². The number of hydrogen-bond acceptors (Lipinski definition) is 4. The Morgan fingerprint density at radius 1 is 0.938 bits per heavy atom. The number of fused-ring (bicyclic) bond motifs is 1. The van der Waals surface area contributed by atoms with Crippen molar-refractivity contribution in [3.63, 3.8) is 0 Å². The first-order valence-corrected chi connectivity index (χ1v) is 11.5. The number of carbonyl (C=O) groups is 1. The van der Waals surface area contributed by atoms with Crippen LogP contribution in [0.15, 0.2) is 60.7 Å². The fraction of sp³-hybridized carbons (Fsp3) is 0.370. The van der Waals surface area contributed by atoms with Gasteiger partial charge in [0.15, 0.2) is 0 Å². The zero-order valence-corrected chi connectivity index (χ0v) is 18.8. The van der Waals surface area contributed by atoms with Gasteiger partial charge >= 0.3 is 0 Å². The van der Waals surface area contributed by atoms with Gasteiger partial charge in [-0.25, -0.2) is 0 Å². The van der Waals surface area contributed by atoms with E-state index in [1.54, 1.807) is 7.11 Å². The predicted molar refractivity (Wildman–Crippen MR) is 129 cm³/mol. The zero-order chi connectivity index (χ0) is 22.2. The number of benzene rings is 3. The first kappa shape index (κ1) is 22.2. The molecule has 0 bridgehead atoms. The lowest BCUT2D eigenvalue weighted by molar-refractivity contribution is 0.0951. The average molecular weight is 433 g/mol. The second-order valence-electron chi connectivity index (χ2n) is 8.36. The predicted octanol–water partition coefficient (Wildman–Crippen LogP) is 5.03. The Hall–Kier alpha value is -3.05. The molecule has 168 valence electrons. The average Bonchev–Trinajstić information content (AvgIpc) is 2.85. The molecule has 0 atom stereocenters. The summed E-state index contributed by atoms with van der Waals surface area (Å²) >= 11 is 0. The van der Waals surface area contributed by atoms with Crippen LogP contribution in [-0.4, -0.2) is 44.2 Å². The highest BCUT2D eigenvalue weighted by atomic mass is 16.5. The summed E-state index contributed by atoms with van der Waals surface area (Å²) in [6, 6.07) is 19.5. The molecule has 1 N–H and O–H groups in total. The molecule has 0 aromatic heterocycles. The third-order valence-electron chi connectivity index (χ3n) is 6.00. The van der Waals surface area contributed by atoms with Crippen LogP contribution >= 0.6 is 0 Å². The molecule has 1 heterocycles. The lowest BCUT2D eigenvalue weighted by Gasteiger charge is -2.26. The van der Waals surface area contributed by atoms with Gasteiger partial charge in [-0.2, -0.15) is 0 Å². The number of nitrogens with zero attached hydrogens (tertiary/aromatic N) is 1. The van der Waals surface area contributed by atoms with Crippen molar-refractivity contribution in [1.82, 2.24) is 10.2 Å². The molecular weight excluding hydrogens is 400 g/mol. The highest BCUT2D eigenvalue weighted by Gasteiger charge is 2.10. The van der Waals surface area contributed by atoms with E-state index in [-0.39, 0.29) is 5.91 Å². The van der Waals surface area contributed by atoms with Gasteiger partial charge in [0, 0.05) is 18.7 Å². The number of rotatable bonds is 9. The molecule has 0 unspecified atom stereocenters. The molecule has 32 heavy (non-hydrogen) atoms. The first-order valence-electron chi connectivity index (χ1n) is 11.5. The van der Waals surface area contributed by atoms with Crippen LogP contribution in [0.1, 0.15) is 41.6 Å². The van der Waals surface area contributed by atoms with Gasteiger partial charge in [-0.3, -0.25) is 4.79 Å². The van der Waals surface area contributed by atoms with Crippen molar-refractivity contribution in [3.05, 3.63) is 71.8 Å². The topological polar surface area (TPSA) is 50.8 Å². The number of hydrogen-bond donors (Lipinski definition) is 1. The SMILES string of the molecule is COc1cccc(CNC(=O)c2ccc3cc(OCCCN4CCCCC4)ccc3c2)c1.